The number of anilines is 2. The van der Waals surface area contributed by atoms with Crippen molar-refractivity contribution < 1.29 is 26.0 Å². The summed E-state index contributed by atoms with van der Waals surface area (Å²) in [5, 5.41) is 11.7. The topological polar surface area (TPSA) is 87.5 Å². The molecule has 3 aromatic rings. The highest BCUT2D eigenvalue weighted by Gasteiger charge is 2.32. The lowest BCUT2D eigenvalue weighted by Gasteiger charge is -2.33. The van der Waals surface area contributed by atoms with Crippen LogP contribution in [0.1, 0.15) is 16.9 Å². The number of benzene rings is 2. The first-order valence-corrected chi connectivity index (χ1v) is 13.8. The summed E-state index contributed by atoms with van der Waals surface area (Å²) < 4.78 is 78.3. The molecule has 0 saturated carbocycles. The number of nitrogens with one attached hydrogen (secondary N) is 2. The third-order valence-electron chi connectivity index (χ3n) is 6.05. The van der Waals surface area contributed by atoms with E-state index in [0.29, 0.717) is 39.3 Å². The van der Waals surface area contributed by atoms with Crippen LogP contribution >= 0.6 is 11.3 Å². The molecule has 1 aliphatic heterocycles. The minimum Gasteiger partial charge on any atom is -0.378 e. The fourth-order valence-corrected chi connectivity index (χ4v) is 5.90. The third kappa shape index (κ3) is 6.93. The molecule has 4 N–H and O–H groups in total. The number of likely N-dealkylation sites (tertiary alicyclic amines) is 1. The number of nitrogens with zero attached hydrogens (tertiary/aromatic N) is 1. The van der Waals surface area contributed by atoms with E-state index >= 15 is 0 Å². The molecule has 0 amide bonds. The minimum atomic E-state index is -4.42. The Kier molecular flexibility index (Phi) is 7.99. The molecule has 37 heavy (non-hydrogen) atoms. The molecule has 4 rings (SSSR count). The molecule has 1 aliphatic rings. The van der Waals surface area contributed by atoms with Crippen molar-refractivity contribution >= 4 is 42.8 Å². The summed E-state index contributed by atoms with van der Waals surface area (Å²) in [6.07, 6.45) is -6.04. The van der Waals surface area contributed by atoms with E-state index in [-0.39, 0.29) is 17.0 Å². The molecule has 0 aliphatic carbocycles. The monoisotopic (exact) mass is 554 g/mol. The van der Waals surface area contributed by atoms with Gasteiger partial charge in [0, 0.05) is 18.8 Å². The molecule has 0 spiro atoms. The van der Waals surface area contributed by atoms with E-state index in [1.165, 1.54) is 24.3 Å². The molecule has 12 heteroatoms. The second-order valence-electron chi connectivity index (χ2n) is 8.93. The van der Waals surface area contributed by atoms with Crippen LogP contribution < -0.4 is 15.8 Å². The normalized spacial score (nSPS) is 18.9. The number of nitrogens with two attached hydrogens (primary N) is 1. The lowest BCUT2D eigenvalue weighted by atomic mass is 10.0. The Bertz CT molecular complexity index is 1430. The zero-order valence-electron chi connectivity index (χ0n) is 19.9. The Morgan fingerprint density at radius 2 is 1.92 bits per heavy atom. The van der Waals surface area contributed by atoms with Crippen LogP contribution in [-0.2, 0) is 16.4 Å². The quantitative estimate of drug-likeness (QED) is 0.307. The van der Waals surface area contributed by atoms with E-state index in [4.69, 9.17) is 5.14 Å². The summed E-state index contributed by atoms with van der Waals surface area (Å²) in [5.41, 5.74) is 1.28. The van der Waals surface area contributed by atoms with Gasteiger partial charge in [-0.2, -0.15) is 13.2 Å². The van der Waals surface area contributed by atoms with Gasteiger partial charge in [-0.3, -0.25) is 0 Å². The Hall–Kier alpha value is -2.85. The number of halogens is 4. The van der Waals surface area contributed by atoms with E-state index in [1.54, 1.807) is 18.2 Å². The van der Waals surface area contributed by atoms with Crippen LogP contribution in [-0.4, -0.2) is 58.4 Å². The molecule has 0 unspecified atom stereocenters. The van der Waals surface area contributed by atoms with Gasteiger partial charge in [-0.25, -0.2) is 17.9 Å². The number of alkyl halides is 4. The van der Waals surface area contributed by atoms with Gasteiger partial charge in [0.05, 0.1) is 39.2 Å². The van der Waals surface area contributed by atoms with Crippen LogP contribution in [0.25, 0.3) is 10.1 Å². The minimum absolute atomic E-state index is 0.0325. The van der Waals surface area contributed by atoms with Crippen molar-refractivity contribution in [1.82, 2.24) is 4.90 Å². The average molecular weight is 555 g/mol. The maximum absolute atomic E-state index is 14.6. The van der Waals surface area contributed by atoms with E-state index in [9.17, 15) is 26.0 Å². The Morgan fingerprint density at radius 1 is 1.19 bits per heavy atom. The molecule has 2 aromatic carbocycles. The highest BCUT2D eigenvalue weighted by molar-refractivity contribution is 7.89. The smallest absolute Gasteiger partial charge is 0.378 e. The molecular formula is C25H26F4N4O2S2. The maximum atomic E-state index is 14.6. The largest absolute Gasteiger partial charge is 0.393 e. The molecule has 2 atom stereocenters. The van der Waals surface area contributed by atoms with Crippen molar-refractivity contribution in [2.45, 2.75) is 36.1 Å². The molecule has 1 saturated heterocycles. The maximum Gasteiger partial charge on any atom is 0.393 e. The summed E-state index contributed by atoms with van der Waals surface area (Å²) >= 11 is 1.16. The number of hydrogen-bond donors (Lipinski definition) is 3. The number of hydrogen-bond acceptors (Lipinski definition) is 6. The molecule has 198 valence electrons. The van der Waals surface area contributed by atoms with Crippen LogP contribution in [0.4, 0.5) is 28.9 Å². The Morgan fingerprint density at radius 3 is 2.57 bits per heavy atom. The van der Waals surface area contributed by atoms with Gasteiger partial charge in [-0.15, -0.1) is 11.3 Å². The molecule has 0 bridgehead atoms. The van der Waals surface area contributed by atoms with Crippen LogP contribution in [0, 0.1) is 11.8 Å². The predicted octanol–water partition coefficient (Wildman–Crippen LogP) is 4.57. The Labute approximate surface area is 216 Å². The van der Waals surface area contributed by atoms with Crippen LogP contribution in [0.15, 0.2) is 47.4 Å². The fraction of sp³-hybridized carbons (Fsp3) is 0.360. The molecular weight excluding hydrogens is 528 g/mol. The van der Waals surface area contributed by atoms with E-state index in [1.807, 2.05) is 11.9 Å². The van der Waals surface area contributed by atoms with Crippen LogP contribution in [0.2, 0.25) is 0 Å². The lowest BCUT2D eigenvalue weighted by Crippen LogP contribution is -2.46. The standard InChI is InChI=1S/C25H26F4N4O2S2/c1-33-13-11-21(20(26)15-33)32-22-5-2-4-18-19(14-25(27,28)29)23(36-24(18)22)6-3-12-31-16-7-9-17(10-8-16)37(30,34)35/h2,4-5,7-10,20-21,31-32H,11-15H2,1H3,(H2,30,34,35)/t20-,21+/m1/s1. The molecule has 0 radical (unpaired) electrons. The number of primary sulfonamides is 1. The van der Waals surface area contributed by atoms with Crippen molar-refractivity contribution in [3.63, 3.8) is 0 Å². The van der Waals surface area contributed by atoms with Gasteiger partial charge in [-0.1, -0.05) is 24.0 Å². The van der Waals surface area contributed by atoms with E-state index in [0.717, 1.165) is 17.9 Å². The van der Waals surface area contributed by atoms with E-state index in [2.05, 4.69) is 22.5 Å². The van der Waals surface area contributed by atoms with Gasteiger partial charge in [0.15, 0.2) is 0 Å². The second-order valence-corrected chi connectivity index (χ2v) is 11.5. The summed E-state index contributed by atoms with van der Waals surface area (Å²) in [6, 6.07) is 10.4. The van der Waals surface area contributed by atoms with Crippen molar-refractivity contribution in [2.24, 2.45) is 5.14 Å². The number of fused-ring (bicyclic) bond motifs is 1. The van der Waals surface area contributed by atoms with Gasteiger partial charge < -0.3 is 15.5 Å². The van der Waals surface area contributed by atoms with E-state index < -0.39 is 34.8 Å². The zero-order valence-corrected chi connectivity index (χ0v) is 21.5. The van der Waals surface area contributed by atoms with Crippen molar-refractivity contribution in [3.05, 3.63) is 52.9 Å². The fourth-order valence-electron chi connectivity index (χ4n) is 4.21. The first kappa shape index (κ1) is 27.2. The van der Waals surface area contributed by atoms with Gasteiger partial charge in [0.2, 0.25) is 10.0 Å². The summed E-state index contributed by atoms with van der Waals surface area (Å²) in [5.74, 6) is 5.71. The van der Waals surface area contributed by atoms with Crippen LogP contribution in [0.3, 0.4) is 0 Å². The number of sulfonamides is 1. The van der Waals surface area contributed by atoms with Gasteiger partial charge in [0.25, 0.3) is 0 Å². The number of thiophene rings is 1. The third-order valence-corrected chi connectivity index (χ3v) is 8.17. The number of rotatable bonds is 6. The summed E-state index contributed by atoms with van der Waals surface area (Å²) in [7, 11) is -1.95. The van der Waals surface area contributed by atoms with Gasteiger partial charge in [0.1, 0.15) is 6.17 Å². The average Bonchev–Trinajstić information content (AvgIpc) is 3.15. The highest BCUT2D eigenvalue weighted by atomic mass is 32.2. The highest BCUT2D eigenvalue weighted by Crippen LogP contribution is 2.39. The molecule has 2 heterocycles. The Balaban J connectivity index is 1.58. The first-order valence-electron chi connectivity index (χ1n) is 11.5. The van der Waals surface area contributed by atoms with Gasteiger partial charge in [-0.05, 0) is 54.8 Å². The number of piperidine rings is 1. The van der Waals surface area contributed by atoms with Crippen molar-refractivity contribution in [1.29, 1.82) is 0 Å². The zero-order chi connectivity index (χ0) is 26.8. The molecule has 1 aromatic heterocycles. The second kappa shape index (κ2) is 10.9. The first-order chi connectivity index (χ1) is 17.4. The predicted molar refractivity (Wildman–Crippen MR) is 139 cm³/mol. The SMILES string of the molecule is CN1CC[C@H](Nc2cccc3c(CC(F)(F)F)c(C#CCNc4ccc(S(N)(=O)=O)cc4)sc23)[C@H](F)C1. The van der Waals surface area contributed by atoms with Crippen LogP contribution in [0.5, 0.6) is 0 Å². The summed E-state index contributed by atoms with van der Waals surface area (Å²) in [6.45, 7) is 1.15. The molecule has 1 fully saturated rings. The lowest BCUT2D eigenvalue weighted by molar-refractivity contribution is -0.126. The summed E-state index contributed by atoms with van der Waals surface area (Å²) in [4.78, 5) is 2.18. The van der Waals surface area contributed by atoms with Crippen molar-refractivity contribution in [2.75, 3.05) is 37.3 Å². The molecule has 6 nitrogen and oxygen atoms in total. The van der Waals surface area contributed by atoms with Gasteiger partial charge >= 0.3 is 6.18 Å². The van der Waals surface area contributed by atoms with Crippen molar-refractivity contribution in [3.8, 4) is 11.8 Å².